The Hall–Kier alpha value is -2.08. The van der Waals surface area contributed by atoms with Crippen molar-refractivity contribution < 1.29 is 14.0 Å². The second-order valence-corrected chi connectivity index (χ2v) is 5.72. The third-order valence-electron chi connectivity index (χ3n) is 2.92. The monoisotopic (exact) mass is 306 g/mol. The highest BCUT2D eigenvalue weighted by molar-refractivity contribution is 7.18. The molecule has 0 radical (unpaired) electrons. The van der Waals surface area contributed by atoms with Gasteiger partial charge in [0.15, 0.2) is 5.76 Å². The van der Waals surface area contributed by atoms with Gasteiger partial charge in [-0.15, -0.1) is 11.3 Å². The first-order chi connectivity index (χ1) is 10.1. The summed E-state index contributed by atoms with van der Waals surface area (Å²) in [5.74, 6) is -0.168. The summed E-state index contributed by atoms with van der Waals surface area (Å²) in [5.41, 5.74) is 0.851. The van der Waals surface area contributed by atoms with Crippen molar-refractivity contribution in [2.75, 3.05) is 11.9 Å². The van der Waals surface area contributed by atoms with Crippen molar-refractivity contribution in [3.63, 3.8) is 0 Å². The minimum Gasteiger partial charge on any atom is -0.459 e. The maximum absolute atomic E-state index is 12.0. The first-order valence-corrected chi connectivity index (χ1v) is 7.67. The fraction of sp³-hybridized carbons (Fsp3) is 0.333. The third-order valence-corrected chi connectivity index (χ3v) is 4.07. The van der Waals surface area contributed by atoms with Crippen molar-refractivity contribution in [1.29, 1.82) is 0 Å². The number of hydrogen-bond acceptors (Lipinski definition) is 4. The van der Waals surface area contributed by atoms with Crippen LogP contribution in [0, 0.1) is 6.92 Å². The number of thiophene rings is 1. The average molecular weight is 306 g/mol. The Balaban J connectivity index is 2.01. The lowest BCUT2D eigenvalue weighted by Gasteiger charge is -2.02. The molecule has 0 fully saturated rings. The molecule has 112 valence electrons. The van der Waals surface area contributed by atoms with Gasteiger partial charge >= 0.3 is 0 Å². The van der Waals surface area contributed by atoms with E-state index < -0.39 is 0 Å². The van der Waals surface area contributed by atoms with E-state index in [4.69, 9.17) is 4.42 Å². The Bertz CT molecular complexity index is 617. The van der Waals surface area contributed by atoms with Crippen LogP contribution in [0.3, 0.4) is 0 Å². The van der Waals surface area contributed by atoms with Crippen LogP contribution in [0.25, 0.3) is 0 Å². The van der Waals surface area contributed by atoms with Crippen LogP contribution < -0.4 is 10.6 Å². The van der Waals surface area contributed by atoms with Gasteiger partial charge in [0, 0.05) is 6.54 Å². The predicted octanol–water partition coefficient (Wildman–Crippen LogP) is 3.43. The van der Waals surface area contributed by atoms with E-state index in [1.807, 2.05) is 6.92 Å². The number of carbonyl (C=O) groups excluding carboxylic acids is 2. The van der Waals surface area contributed by atoms with E-state index >= 15 is 0 Å². The molecule has 0 bridgehead atoms. The van der Waals surface area contributed by atoms with Crippen LogP contribution in [-0.2, 0) is 0 Å². The second kappa shape index (κ2) is 7.08. The van der Waals surface area contributed by atoms with Gasteiger partial charge in [-0.05, 0) is 37.1 Å². The molecule has 5 nitrogen and oxygen atoms in total. The van der Waals surface area contributed by atoms with Crippen LogP contribution in [0.5, 0.6) is 0 Å². The number of hydrogen-bond donors (Lipinski definition) is 2. The molecule has 0 saturated heterocycles. The summed E-state index contributed by atoms with van der Waals surface area (Å²) in [6.07, 6.45) is 3.44. The van der Waals surface area contributed by atoms with Crippen LogP contribution in [0.15, 0.2) is 28.9 Å². The number of aryl methyl sites for hydroxylation is 1. The second-order valence-electron chi connectivity index (χ2n) is 4.66. The molecule has 2 aromatic rings. The topological polar surface area (TPSA) is 71.3 Å². The number of amides is 2. The van der Waals surface area contributed by atoms with Crippen LogP contribution in [0.2, 0.25) is 0 Å². The predicted molar refractivity (Wildman–Crippen MR) is 83.0 cm³/mol. The molecule has 0 atom stereocenters. The Morgan fingerprint density at radius 1 is 1.33 bits per heavy atom. The normalized spacial score (nSPS) is 10.4. The molecular weight excluding hydrogens is 288 g/mol. The molecule has 2 aromatic heterocycles. The molecule has 0 spiro atoms. The molecule has 0 aliphatic carbocycles. The van der Waals surface area contributed by atoms with Gasteiger partial charge in [-0.2, -0.15) is 0 Å². The van der Waals surface area contributed by atoms with Gasteiger partial charge in [-0.1, -0.05) is 13.3 Å². The van der Waals surface area contributed by atoms with Gasteiger partial charge in [0.1, 0.15) is 0 Å². The standard InChI is InChI=1S/C15H18N2O3S/c1-3-4-7-16-15(19)13-10(2)9-12(21-13)17-14(18)11-6-5-8-20-11/h5-6,8-9H,3-4,7H2,1-2H3,(H,16,19)(H,17,18). The Morgan fingerprint density at radius 3 is 2.81 bits per heavy atom. The van der Waals surface area contributed by atoms with Gasteiger partial charge in [0.05, 0.1) is 16.1 Å². The smallest absolute Gasteiger partial charge is 0.291 e. The van der Waals surface area contributed by atoms with Crippen molar-refractivity contribution in [3.05, 3.63) is 40.7 Å². The lowest BCUT2D eigenvalue weighted by molar-refractivity contribution is 0.0955. The highest BCUT2D eigenvalue weighted by atomic mass is 32.1. The van der Waals surface area contributed by atoms with Crippen molar-refractivity contribution in [3.8, 4) is 0 Å². The molecule has 2 amide bonds. The zero-order valence-electron chi connectivity index (χ0n) is 12.1. The maximum atomic E-state index is 12.0. The summed E-state index contributed by atoms with van der Waals surface area (Å²) in [5, 5.41) is 6.24. The zero-order valence-corrected chi connectivity index (χ0v) is 12.9. The summed E-state index contributed by atoms with van der Waals surface area (Å²) >= 11 is 1.27. The number of rotatable bonds is 6. The number of nitrogens with one attached hydrogen (secondary N) is 2. The van der Waals surface area contributed by atoms with Crippen LogP contribution in [0.4, 0.5) is 5.00 Å². The number of anilines is 1. The first kappa shape index (κ1) is 15.3. The lowest BCUT2D eigenvalue weighted by atomic mass is 10.2. The van der Waals surface area contributed by atoms with Crippen LogP contribution in [0.1, 0.15) is 45.6 Å². The van der Waals surface area contributed by atoms with Crippen LogP contribution >= 0.6 is 11.3 Å². The van der Waals surface area contributed by atoms with Gasteiger partial charge in [0.2, 0.25) is 0 Å². The molecule has 0 saturated carbocycles. The van der Waals surface area contributed by atoms with E-state index in [2.05, 4.69) is 17.6 Å². The average Bonchev–Trinajstić information content (AvgIpc) is 3.08. The SMILES string of the molecule is CCCCNC(=O)c1sc(NC(=O)c2ccco2)cc1C. The first-order valence-electron chi connectivity index (χ1n) is 6.85. The van der Waals surface area contributed by atoms with Gasteiger partial charge in [-0.25, -0.2) is 0 Å². The molecule has 6 heteroatoms. The molecule has 21 heavy (non-hydrogen) atoms. The Morgan fingerprint density at radius 2 is 2.14 bits per heavy atom. The number of unbranched alkanes of at least 4 members (excludes halogenated alkanes) is 1. The lowest BCUT2D eigenvalue weighted by Crippen LogP contribution is -2.23. The highest BCUT2D eigenvalue weighted by Gasteiger charge is 2.16. The summed E-state index contributed by atoms with van der Waals surface area (Å²) in [4.78, 5) is 24.5. The fourth-order valence-corrected chi connectivity index (χ4v) is 2.79. The quantitative estimate of drug-likeness (QED) is 0.803. The fourth-order valence-electron chi connectivity index (χ4n) is 1.81. The zero-order chi connectivity index (χ0) is 15.2. The van der Waals surface area contributed by atoms with E-state index in [1.54, 1.807) is 18.2 Å². The molecule has 0 aliphatic heterocycles. The molecule has 0 aromatic carbocycles. The van der Waals surface area contributed by atoms with E-state index in [1.165, 1.54) is 17.6 Å². The largest absolute Gasteiger partial charge is 0.459 e. The maximum Gasteiger partial charge on any atom is 0.291 e. The van der Waals surface area contributed by atoms with E-state index in [-0.39, 0.29) is 17.6 Å². The van der Waals surface area contributed by atoms with Crippen molar-refractivity contribution in [1.82, 2.24) is 5.32 Å². The van der Waals surface area contributed by atoms with Crippen LogP contribution in [-0.4, -0.2) is 18.4 Å². The Labute approximate surface area is 127 Å². The minimum absolute atomic E-state index is 0.0931. The summed E-state index contributed by atoms with van der Waals surface area (Å²) < 4.78 is 5.03. The van der Waals surface area contributed by atoms with Crippen molar-refractivity contribution >= 4 is 28.2 Å². The molecule has 2 rings (SSSR count). The summed E-state index contributed by atoms with van der Waals surface area (Å²) in [6.45, 7) is 4.60. The number of carbonyl (C=O) groups is 2. The van der Waals surface area contributed by atoms with Crippen molar-refractivity contribution in [2.24, 2.45) is 0 Å². The molecule has 0 aliphatic rings. The Kier molecular flexibility index (Phi) is 5.16. The van der Waals surface area contributed by atoms with E-state index in [0.717, 1.165) is 18.4 Å². The van der Waals surface area contributed by atoms with E-state index in [0.29, 0.717) is 16.4 Å². The van der Waals surface area contributed by atoms with Crippen molar-refractivity contribution in [2.45, 2.75) is 26.7 Å². The van der Waals surface area contributed by atoms with Gasteiger partial charge in [0.25, 0.3) is 11.8 Å². The number of furan rings is 1. The molecule has 2 heterocycles. The van der Waals surface area contributed by atoms with E-state index in [9.17, 15) is 9.59 Å². The molecule has 2 N–H and O–H groups in total. The van der Waals surface area contributed by atoms with Gasteiger partial charge in [-0.3, -0.25) is 9.59 Å². The third kappa shape index (κ3) is 3.95. The molecule has 0 unspecified atom stereocenters. The minimum atomic E-state index is -0.320. The summed E-state index contributed by atoms with van der Waals surface area (Å²) in [6, 6.07) is 5.04. The highest BCUT2D eigenvalue weighted by Crippen LogP contribution is 2.27. The summed E-state index contributed by atoms with van der Waals surface area (Å²) in [7, 11) is 0. The molecular formula is C15H18N2O3S. The van der Waals surface area contributed by atoms with Gasteiger partial charge < -0.3 is 15.1 Å².